The van der Waals surface area contributed by atoms with Crippen molar-refractivity contribution < 1.29 is 28.1 Å². The highest BCUT2D eigenvalue weighted by molar-refractivity contribution is 7.80. The molecule has 0 bridgehead atoms. The number of carbonyl (C=O) groups excluding carboxylic acids is 2. The van der Waals surface area contributed by atoms with Crippen LogP contribution >= 0.6 is 12.2 Å². The summed E-state index contributed by atoms with van der Waals surface area (Å²) in [5.74, 6) is -1.65. The number of amides is 2. The van der Waals surface area contributed by atoms with E-state index in [0.29, 0.717) is 11.3 Å². The lowest BCUT2D eigenvalue weighted by molar-refractivity contribution is -0.384. The second-order valence-electron chi connectivity index (χ2n) is 6.75. The van der Waals surface area contributed by atoms with Crippen molar-refractivity contribution in [1.29, 1.82) is 0 Å². The number of methoxy groups -OCH3 is 1. The zero-order chi connectivity index (χ0) is 23.7. The number of nitro benzene ring substituents is 1. The van der Waals surface area contributed by atoms with Crippen molar-refractivity contribution >= 4 is 46.6 Å². The lowest BCUT2D eigenvalue weighted by Gasteiger charge is -2.28. The second kappa shape index (κ2) is 8.63. The molecule has 1 N–H and O–H groups in total. The SMILES string of the molecule is COc1ccc([N+](=O)[O-])cc1-c1ccc(C=C2C(=O)NC(=S)N(c3ccccc3F)C2=O)o1. The molecule has 0 atom stereocenters. The number of nitrogens with zero attached hydrogens (tertiary/aromatic N) is 2. The van der Waals surface area contributed by atoms with E-state index >= 15 is 0 Å². The molecule has 2 amide bonds. The number of anilines is 1. The minimum Gasteiger partial charge on any atom is -0.496 e. The molecule has 1 fully saturated rings. The summed E-state index contributed by atoms with van der Waals surface area (Å²) in [6.07, 6.45) is 1.18. The van der Waals surface area contributed by atoms with Gasteiger partial charge < -0.3 is 9.15 Å². The Labute approximate surface area is 191 Å². The minimum absolute atomic E-state index is 0.110. The quantitative estimate of drug-likeness (QED) is 0.199. The number of ether oxygens (including phenoxy) is 1. The van der Waals surface area contributed by atoms with E-state index in [-0.39, 0.29) is 33.6 Å². The van der Waals surface area contributed by atoms with Gasteiger partial charge in [0.1, 0.15) is 28.7 Å². The first-order chi connectivity index (χ1) is 15.8. The van der Waals surface area contributed by atoms with E-state index in [1.807, 2.05) is 0 Å². The molecule has 0 radical (unpaired) electrons. The van der Waals surface area contributed by atoms with E-state index in [0.717, 1.165) is 11.0 Å². The fraction of sp³-hybridized carbons (Fsp3) is 0.0455. The van der Waals surface area contributed by atoms with Gasteiger partial charge in [-0.05, 0) is 48.6 Å². The van der Waals surface area contributed by atoms with Crippen molar-refractivity contribution in [1.82, 2.24) is 5.32 Å². The van der Waals surface area contributed by atoms with Crippen molar-refractivity contribution in [2.75, 3.05) is 12.0 Å². The Hall–Kier alpha value is -4.38. The van der Waals surface area contributed by atoms with E-state index in [9.17, 15) is 24.1 Å². The van der Waals surface area contributed by atoms with Gasteiger partial charge in [0.15, 0.2) is 5.11 Å². The average Bonchev–Trinajstić information content (AvgIpc) is 3.26. The van der Waals surface area contributed by atoms with Gasteiger partial charge in [-0.1, -0.05) is 12.1 Å². The van der Waals surface area contributed by atoms with Gasteiger partial charge in [-0.3, -0.25) is 25.0 Å². The number of thiocarbonyl (C=S) groups is 1. The number of furan rings is 1. The Morgan fingerprint density at radius 3 is 2.64 bits per heavy atom. The van der Waals surface area contributed by atoms with Crippen LogP contribution in [-0.2, 0) is 9.59 Å². The van der Waals surface area contributed by atoms with Gasteiger partial charge in [0.2, 0.25) is 0 Å². The number of nitro groups is 1. The molecule has 1 aliphatic heterocycles. The highest BCUT2D eigenvalue weighted by Gasteiger charge is 2.36. The number of hydrogen-bond acceptors (Lipinski definition) is 7. The molecule has 33 heavy (non-hydrogen) atoms. The smallest absolute Gasteiger partial charge is 0.270 e. The second-order valence-corrected chi connectivity index (χ2v) is 7.14. The van der Waals surface area contributed by atoms with Crippen LogP contribution in [0.5, 0.6) is 5.75 Å². The van der Waals surface area contributed by atoms with Gasteiger partial charge in [0.25, 0.3) is 17.5 Å². The Bertz CT molecular complexity index is 1350. The number of rotatable bonds is 5. The van der Waals surface area contributed by atoms with Crippen LogP contribution in [-0.4, -0.2) is 29.0 Å². The molecule has 0 unspecified atom stereocenters. The van der Waals surface area contributed by atoms with Crippen LogP contribution in [0, 0.1) is 15.9 Å². The molecule has 0 aliphatic carbocycles. The Kier molecular flexibility index (Phi) is 5.71. The molecule has 0 saturated carbocycles. The minimum atomic E-state index is -0.834. The van der Waals surface area contributed by atoms with Crippen LogP contribution in [0.2, 0.25) is 0 Å². The average molecular weight is 467 g/mol. The monoisotopic (exact) mass is 467 g/mol. The normalized spacial score (nSPS) is 15.0. The van der Waals surface area contributed by atoms with Crippen LogP contribution in [0.4, 0.5) is 15.8 Å². The molecule has 1 saturated heterocycles. The molecule has 2 heterocycles. The first kappa shape index (κ1) is 21.8. The summed E-state index contributed by atoms with van der Waals surface area (Å²) in [5, 5.41) is 13.2. The molecule has 3 aromatic rings. The maximum absolute atomic E-state index is 14.3. The zero-order valence-electron chi connectivity index (χ0n) is 16.9. The van der Waals surface area contributed by atoms with Gasteiger partial charge in [-0.15, -0.1) is 0 Å². The van der Waals surface area contributed by atoms with Gasteiger partial charge >= 0.3 is 0 Å². The van der Waals surface area contributed by atoms with Crippen molar-refractivity contribution in [3.8, 4) is 17.1 Å². The number of nitrogens with one attached hydrogen (secondary N) is 1. The third kappa shape index (κ3) is 4.08. The molecule has 11 heteroatoms. The van der Waals surface area contributed by atoms with Crippen molar-refractivity contribution in [3.63, 3.8) is 0 Å². The summed E-state index contributed by atoms with van der Waals surface area (Å²) in [7, 11) is 1.40. The molecule has 166 valence electrons. The Morgan fingerprint density at radius 2 is 1.94 bits per heavy atom. The lowest BCUT2D eigenvalue weighted by atomic mass is 10.1. The predicted molar refractivity (Wildman–Crippen MR) is 120 cm³/mol. The van der Waals surface area contributed by atoms with E-state index in [1.54, 1.807) is 0 Å². The fourth-order valence-corrected chi connectivity index (χ4v) is 3.50. The maximum Gasteiger partial charge on any atom is 0.270 e. The summed E-state index contributed by atoms with van der Waals surface area (Å²) in [6, 6.07) is 12.5. The molecule has 1 aromatic heterocycles. The molecular weight excluding hydrogens is 453 g/mol. The predicted octanol–water partition coefficient (Wildman–Crippen LogP) is 3.83. The first-order valence-corrected chi connectivity index (χ1v) is 9.79. The van der Waals surface area contributed by atoms with Crippen LogP contribution in [0.25, 0.3) is 17.4 Å². The van der Waals surface area contributed by atoms with E-state index in [4.69, 9.17) is 21.4 Å². The van der Waals surface area contributed by atoms with E-state index < -0.39 is 22.6 Å². The number of benzene rings is 2. The van der Waals surface area contributed by atoms with E-state index in [2.05, 4.69) is 5.32 Å². The van der Waals surface area contributed by atoms with Crippen molar-refractivity contribution in [2.45, 2.75) is 0 Å². The summed E-state index contributed by atoms with van der Waals surface area (Å²) >= 11 is 5.06. The standard InChI is InChI=1S/C22H14FN3O6S/c1-31-18-8-6-12(26(29)30)10-14(18)19-9-7-13(32-19)11-15-20(27)24-22(33)25(21(15)28)17-5-3-2-4-16(17)23/h2-11H,1H3,(H,24,27,33). The van der Waals surface area contributed by atoms with Crippen LogP contribution in [0.3, 0.4) is 0 Å². The Morgan fingerprint density at radius 1 is 1.18 bits per heavy atom. The molecule has 1 aliphatic rings. The zero-order valence-corrected chi connectivity index (χ0v) is 17.7. The highest BCUT2D eigenvalue weighted by Crippen LogP contribution is 2.35. The topological polar surface area (TPSA) is 115 Å². The maximum atomic E-state index is 14.3. The molecule has 2 aromatic carbocycles. The summed E-state index contributed by atoms with van der Waals surface area (Å²) < 4.78 is 25.2. The van der Waals surface area contributed by atoms with Crippen molar-refractivity contribution in [2.24, 2.45) is 0 Å². The number of para-hydroxylation sites is 1. The third-order valence-corrected chi connectivity index (χ3v) is 5.05. The van der Waals surface area contributed by atoms with E-state index in [1.165, 1.54) is 61.7 Å². The van der Waals surface area contributed by atoms with Crippen LogP contribution in [0.15, 0.2) is 64.6 Å². The summed E-state index contributed by atoms with van der Waals surface area (Å²) in [6.45, 7) is 0. The van der Waals surface area contributed by atoms with Crippen LogP contribution in [0.1, 0.15) is 5.76 Å². The van der Waals surface area contributed by atoms with Gasteiger partial charge in [-0.25, -0.2) is 9.29 Å². The van der Waals surface area contributed by atoms with Gasteiger partial charge in [0, 0.05) is 12.1 Å². The number of halogens is 1. The molecule has 0 spiro atoms. The number of carbonyl (C=O) groups is 2. The van der Waals surface area contributed by atoms with Gasteiger partial charge in [0.05, 0.1) is 23.3 Å². The summed E-state index contributed by atoms with van der Waals surface area (Å²) in [5.41, 5.74) is -0.304. The number of non-ortho nitro benzene ring substituents is 1. The Balaban J connectivity index is 1.72. The van der Waals surface area contributed by atoms with Gasteiger partial charge in [-0.2, -0.15) is 0 Å². The highest BCUT2D eigenvalue weighted by atomic mass is 32.1. The number of hydrogen-bond donors (Lipinski definition) is 1. The fourth-order valence-electron chi connectivity index (χ4n) is 3.23. The lowest BCUT2D eigenvalue weighted by Crippen LogP contribution is -2.54. The molecule has 9 nitrogen and oxygen atoms in total. The largest absolute Gasteiger partial charge is 0.496 e. The first-order valence-electron chi connectivity index (χ1n) is 9.38. The van der Waals surface area contributed by atoms with Crippen molar-refractivity contribution in [3.05, 3.63) is 81.9 Å². The third-order valence-electron chi connectivity index (χ3n) is 4.77. The van der Waals surface area contributed by atoms with Crippen LogP contribution < -0.4 is 15.0 Å². The summed E-state index contributed by atoms with van der Waals surface area (Å²) in [4.78, 5) is 36.9. The molecular formula is C22H14FN3O6S. The molecule has 4 rings (SSSR count).